The van der Waals surface area contributed by atoms with E-state index in [0.29, 0.717) is 11.1 Å². The molecule has 3 aromatic rings. The van der Waals surface area contributed by atoms with Gasteiger partial charge in [-0.25, -0.2) is 9.59 Å². The fourth-order valence-electron chi connectivity index (χ4n) is 4.73. The summed E-state index contributed by atoms with van der Waals surface area (Å²) >= 11 is 0. The molecule has 0 bridgehead atoms. The van der Waals surface area contributed by atoms with Crippen molar-refractivity contribution in [2.45, 2.75) is 70.9 Å². The lowest BCUT2D eigenvalue weighted by atomic mass is 10.0. The van der Waals surface area contributed by atoms with Gasteiger partial charge in [0, 0.05) is 25.0 Å². The highest BCUT2D eigenvalue weighted by atomic mass is 16.6. The first kappa shape index (κ1) is 41.1. The van der Waals surface area contributed by atoms with Crippen LogP contribution in [0.3, 0.4) is 0 Å². The third-order valence-corrected chi connectivity index (χ3v) is 7.33. The average molecular weight is 733 g/mol. The summed E-state index contributed by atoms with van der Waals surface area (Å²) in [6.07, 6.45) is -0.703. The molecule has 3 atom stereocenters. The molecule has 3 rings (SSSR count). The molecular weight excluding hydrogens is 688 g/mol. The Kier molecular flexibility index (Phi) is 15.4. The van der Waals surface area contributed by atoms with Crippen LogP contribution in [0.5, 0.6) is 0 Å². The fraction of sp³-hybridized carbons (Fsp3) is 0.351. The number of rotatable bonds is 17. The van der Waals surface area contributed by atoms with Crippen LogP contribution in [0.25, 0.3) is 0 Å². The summed E-state index contributed by atoms with van der Waals surface area (Å²) in [5.74, 6) is -3.55. The number of benzene rings is 3. The van der Waals surface area contributed by atoms with Gasteiger partial charge in [0.25, 0.3) is 5.69 Å². The number of nitrogens with zero attached hydrogens (tertiary/aromatic N) is 1. The smallest absolute Gasteiger partial charge is 0.408 e. The zero-order valence-electron chi connectivity index (χ0n) is 29.9. The maximum absolute atomic E-state index is 13.7. The number of non-ortho nitro benzene ring substituents is 1. The summed E-state index contributed by atoms with van der Waals surface area (Å²) in [5, 5.41) is 23.4. The Bertz CT molecular complexity index is 1730. The molecule has 0 radical (unpaired) electrons. The molecule has 0 spiro atoms. The van der Waals surface area contributed by atoms with Crippen molar-refractivity contribution in [3.05, 3.63) is 112 Å². The molecule has 53 heavy (non-hydrogen) atoms. The predicted molar refractivity (Wildman–Crippen MR) is 192 cm³/mol. The molecule has 0 saturated heterocycles. The Morgan fingerprint density at radius 2 is 1.21 bits per heavy atom. The second-order valence-corrected chi connectivity index (χ2v) is 13.0. The van der Waals surface area contributed by atoms with Gasteiger partial charge in [0.05, 0.1) is 11.5 Å². The summed E-state index contributed by atoms with van der Waals surface area (Å²) in [7, 11) is 0. The number of nitro groups is 1. The molecule has 0 aromatic heterocycles. The number of nitrogens with one attached hydrogen (secondary N) is 5. The molecule has 16 heteroatoms. The molecule has 5 amide bonds. The van der Waals surface area contributed by atoms with E-state index >= 15 is 0 Å². The van der Waals surface area contributed by atoms with E-state index in [2.05, 4.69) is 26.6 Å². The van der Waals surface area contributed by atoms with Gasteiger partial charge in [-0.15, -0.1) is 0 Å². The van der Waals surface area contributed by atoms with Crippen molar-refractivity contribution in [3.8, 4) is 0 Å². The first-order valence-electron chi connectivity index (χ1n) is 16.7. The van der Waals surface area contributed by atoms with Crippen LogP contribution in [-0.4, -0.2) is 77.4 Å². The Hall–Kier alpha value is -6.32. The van der Waals surface area contributed by atoms with Crippen LogP contribution in [0.15, 0.2) is 84.9 Å². The van der Waals surface area contributed by atoms with Crippen molar-refractivity contribution in [1.82, 2.24) is 26.6 Å². The van der Waals surface area contributed by atoms with Gasteiger partial charge < -0.3 is 36.1 Å². The highest BCUT2D eigenvalue weighted by Gasteiger charge is 2.29. The van der Waals surface area contributed by atoms with Gasteiger partial charge >= 0.3 is 12.1 Å². The minimum atomic E-state index is -1.18. The molecule has 3 aromatic carbocycles. The monoisotopic (exact) mass is 732 g/mol. The topological polar surface area (TPSA) is 224 Å². The van der Waals surface area contributed by atoms with Crippen molar-refractivity contribution in [2.24, 2.45) is 0 Å². The van der Waals surface area contributed by atoms with E-state index in [4.69, 9.17) is 9.47 Å². The Morgan fingerprint density at radius 3 is 1.75 bits per heavy atom. The number of hydrogen-bond acceptors (Lipinski definition) is 10. The van der Waals surface area contributed by atoms with Gasteiger partial charge in [-0.1, -0.05) is 60.7 Å². The highest BCUT2D eigenvalue weighted by Crippen LogP contribution is 2.14. The van der Waals surface area contributed by atoms with Crippen LogP contribution in [-0.2, 0) is 52.9 Å². The summed E-state index contributed by atoms with van der Waals surface area (Å²) in [4.78, 5) is 87.2. The van der Waals surface area contributed by atoms with Crippen LogP contribution in [0.4, 0.5) is 10.5 Å². The average Bonchev–Trinajstić information content (AvgIpc) is 3.11. The predicted octanol–water partition coefficient (Wildman–Crippen LogP) is 2.24. The third-order valence-electron chi connectivity index (χ3n) is 7.33. The van der Waals surface area contributed by atoms with Gasteiger partial charge in [-0.2, -0.15) is 0 Å². The number of alkyl carbamates (subject to hydrolysis) is 1. The first-order valence-corrected chi connectivity index (χ1v) is 16.7. The zero-order chi connectivity index (χ0) is 39.0. The van der Waals surface area contributed by atoms with E-state index in [1.807, 2.05) is 0 Å². The van der Waals surface area contributed by atoms with Crippen LogP contribution in [0, 0.1) is 10.1 Å². The normalized spacial score (nSPS) is 12.5. The van der Waals surface area contributed by atoms with Crippen molar-refractivity contribution >= 4 is 41.4 Å². The lowest BCUT2D eigenvalue weighted by molar-refractivity contribution is -0.384. The number of amides is 5. The second kappa shape index (κ2) is 19.9. The maximum Gasteiger partial charge on any atom is 0.408 e. The summed E-state index contributed by atoms with van der Waals surface area (Å²) in [6.45, 7) is 5.19. The molecule has 0 aliphatic heterocycles. The number of ether oxygens (including phenoxy) is 2. The van der Waals surface area contributed by atoms with Crippen LogP contribution in [0.2, 0.25) is 0 Å². The number of esters is 1. The zero-order valence-corrected chi connectivity index (χ0v) is 29.9. The van der Waals surface area contributed by atoms with E-state index < -0.39 is 77.4 Å². The van der Waals surface area contributed by atoms with Gasteiger partial charge in [0.2, 0.25) is 23.6 Å². The third kappa shape index (κ3) is 15.2. The van der Waals surface area contributed by atoms with Crippen molar-refractivity contribution in [3.63, 3.8) is 0 Å². The number of hydrogen-bond donors (Lipinski definition) is 5. The molecular formula is C37H44N6O10. The standard InChI is InChI=1S/C37H44N6O10/c1-24(40-31(44)22-39-36(49)53-37(2,3)4)33(46)38-21-32(45)41-29(19-25-11-7-5-8-12-25)34(47)42-30(20-26-13-9-6-10-14-26)35(48)52-23-27-15-17-28(18-16-27)43(50)51/h5-18,24,29-30H,19-23H2,1-4H3,(H,38,46)(H,39,49)(H,40,44)(H,41,45)(H,42,47)/t24-,29+,30+/m0/s1. The Labute approximate surface area is 306 Å². The lowest BCUT2D eigenvalue weighted by Gasteiger charge is -2.23. The van der Waals surface area contributed by atoms with Gasteiger partial charge in [0.15, 0.2) is 0 Å². The lowest BCUT2D eigenvalue weighted by Crippen LogP contribution is -2.55. The molecule has 5 N–H and O–H groups in total. The van der Waals surface area contributed by atoms with Crippen molar-refractivity contribution < 1.29 is 43.2 Å². The van der Waals surface area contributed by atoms with E-state index in [1.54, 1.807) is 81.4 Å². The molecule has 282 valence electrons. The SMILES string of the molecule is C[C@H](NC(=O)CNC(=O)OC(C)(C)C)C(=O)NCC(=O)N[C@H](Cc1ccccc1)C(=O)N[C@H](Cc1ccccc1)C(=O)OCc1ccc([N+](=O)[O-])cc1. The highest BCUT2D eigenvalue weighted by molar-refractivity contribution is 5.94. The Balaban J connectivity index is 1.64. The molecule has 16 nitrogen and oxygen atoms in total. The number of carbonyl (C=O) groups excluding carboxylic acids is 6. The quantitative estimate of drug-likeness (QED) is 0.0773. The summed E-state index contributed by atoms with van der Waals surface area (Å²) in [5.41, 5.74) is 1.04. The summed E-state index contributed by atoms with van der Waals surface area (Å²) < 4.78 is 10.6. The van der Waals surface area contributed by atoms with Crippen LogP contribution < -0.4 is 26.6 Å². The van der Waals surface area contributed by atoms with E-state index in [1.165, 1.54) is 31.2 Å². The Morgan fingerprint density at radius 1 is 0.679 bits per heavy atom. The van der Waals surface area contributed by atoms with E-state index in [-0.39, 0.29) is 25.1 Å². The van der Waals surface area contributed by atoms with Crippen LogP contribution >= 0.6 is 0 Å². The summed E-state index contributed by atoms with van der Waals surface area (Å²) in [6, 6.07) is 19.8. The van der Waals surface area contributed by atoms with Crippen molar-refractivity contribution in [2.75, 3.05) is 13.1 Å². The second-order valence-electron chi connectivity index (χ2n) is 13.0. The molecule has 0 aliphatic carbocycles. The molecule has 0 saturated carbocycles. The van der Waals surface area contributed by atoms with E-state index in [0.717, 1.165) is 5.56 Å². The first-order chi connectivity index (χ1) is 25.1. The van der Waals surface area contributed by atoms with Gasteiger partial charge in [0.1, 0.15) is 36.9 Å². The molecule has 0 fully saturated rings. The minimum absolute atomic E-state index is 0.0410. The van der Waals surface area contributed by atoms with Crippen molar-refractivity contribution in [1.29, 1.82) is 0 Å². The minimum Gasteiger partial charge on any atom is -0.459 e. The van der Waals surface area contributed by atoms with E-state index in [9.17, 15) is 38.9 Å². The molecule has 0 aliphatic rings. The maximum atomic E-state index is 13.7. The number of carbonyl (C=O) groups is 6. The molecule has 0 unspecified atom stereocenters. The largest absolute Gasteiger partial charge is 0.459 e. The van der Waals surface area contributed by atoms with Gasteiger partial charge in [-0.3, -0.25) is 29.3 Å². The van der Waals surface area contributed by atoms with Crippen LogP contribution in [0.1, 0.15) is 44.4 Å². The van der Waals surface area contributed by atoms with Gasteiger partial charge in [-0.05, 0) is 56.5 Å². The fourth-order valence-corrected chi connectivity index (χ4v) is 4.73. The number of nitro benzene ring substituents is 1. The molecule has 0 heterocycles.